The van der Waals surface area contributed by atoms with E-state index in [0.717, 1.165) is 12.8 Å². The first kappa shape index (κ1) is 29.6. The van der Waals surface area contributed by atoms with Gasteiger partial charge in [-0.05, 0) is 27.2 Å². The zero-order chi connectivity index (χ0) is 22.2. The smallest absolute Gasteiger partial charge is 0.355 e. The molecule has 0 saturated heterocycles. The third kappa shape index (κ3) is 19.0. The number of unbranched alkanes of at least 4 members (excludes halogenated alkanes) is 14. The number of hydrogen-bond acceptors (Lipinski definition) is 2. The van der Waals surface area contributed by atoms with Gasteiger partial charge in [0, 0.05) is 0 Å². The monoisotopic (exact) mass is 486 g/mol. The molecular weight excluding hydrogens is 443 g/mol. The van der Waals surface area contributed by atoms with Crippen molar-refractivity contribution >= 4 is 45.2 Å². The van der Waals surface area contributed by atoms with Crippen molar-refractivity contribution in [2.75, 3.05) is 0 Å². The molecule has 1 atom stereocenters. The Morgan fingerprint density at radius 3 is 1.38 bits per heavy atom. The van der Waals surface area contributed by atoms with Crippen LogP contribution in [0.15, 0.2) is 0 Å². The maximum atomic E-state index is 12.3. The van der Waals surface area contributed by atoms with Gasteiger partial charge in [-0.1, -0.05) is 103 Å². The summed E-state index contributed by atoms with van der Waals surface area (Å²) in [5.41, 5.74) is -1.11. The van der Waals surface area contributed by atoms with Gasteiger partial charge >= 0.3 is 12.0 Å². The number of rotatable bonds is 18. The molecule has 0 N–H and O–H groups in total. The summed E-state index contributed by atoms with van der Waals surface area (Å²) in [6.45, 7) is 7.80. The zero-order valence-corrected chi connectivity index (χ0v) is 22.6. The molecule has 0 radical (unpaired) electrons. The van der Waals surface area contributed by atoms with Crippen molar-refractivity contribution in [2.45, 2.75) is 142 Å². The van der Waals surface area contributed by atoms with Crippen molar-refractivity contribution in [1.82, 2.24) is 0 Å². The SMILES string of the molecule is CCCCCCCCCCCCCCCCCC(C(=O)OC(C)(C)C)[Si](Cl)(Cl)Cl. The molecule has 0 rings (SSSR count). The van der Waals surface area contributed by atoms with Crippen LogP contribution in [0.2, 0.25) is 5.54 Å². The second-order valence-electron chi connectivity index (χ2n) is 9.37. The van der Waals surface area contributed by atoms with E-state index in [4.69, 9.17) is 38.0 Å². The summed E-state index contributed by atoms with van der Waals surface area (Å²) in [5.74, 6) is -0.352. The Morgan fingerprint density at radius 1 is 0.724 bits per heavy atom. The molecule has 0 fully saturated rings. The number of carbonyl (C=O) groups is 1. The molecule has 1 unspecified atom stereocenters. The van der Waals surface area contributed by atoms with Gasteiger partial charge in [0.1, 0.15) is 5.60 Å². The predicted molar refractivity (Wildman–Crippen MR) is 132 cm³/mol. The van der Waals surface area contributed by atoms with Crippen LogP contribution in [0.3, 0.4) is 0 Å². The lowest BCUT2D eigenvalue weighted by Gasteiger charge is -2.26. The summed E-state index contributed by atoms with van der Waals surface area (Å²) in [5, 5.41) is 0. The molecule has 2 nitrogen and oxygen atoms in total. The minimum Gasteiger partial charge on any atom is -0.460 e. The second-order valence-corrected chi connectivity index (χ2v) is 18.3. The topological polar surface area (TPSA) is 26.3 Å². The largest absolute Gasteiger partial charge is 0.460 e. The van der Waals surface area contributed by atoms with Crippen molar-refractivity contribution in [2.24, 2.45) is 0 Å². The van der Waals surface area contributed by atoms with Gasteiger partial charge in [0.05, 0.1) is 5.54 Å². The fraction of sp³-hybridized carbons (Fsp3) is 0.957. The number of halogens is 3. The Balaban J connectivity index is 3.67. The van der Waals surface area contributed by atoms with Gasteiger partial charge in [0.25, 0.3) is 0 Å². The van der Waals surface area contributed by atoms with Crippen LogP contribution in [-0.4, -0.2) is 17.6 Å². The van der Waals surface area contributed by atoms with E-state index >= 15 is 0 Å². The average Bonchev–Trinajstić information content (AvgIpc) is 2.58. The molecule has 174 valence electrons. The molecule has 29 heavy (non-hydrogen) atoms. The Bertz CT molecular complexity index is 406. The molecule has 0 aromatic carbocycles. The van der Waals surface area contributed by atoms with Gasteiger partial charge in [-0.3, -0.25) is 4.79 Å². The van der Waals surface area contributed by atoms with Crippen LogP contribution in [0.25, 0.3) is 0 Å². The van der Waals surface area contributed by atoms with E-state index in [0.29, 0.717) is 6.42 Å². The van der Waals surface area contributed by atoms with Gasteiger partial charge in [-0.2, -0.15) is 0 Å². The predicted octanol–water partition coefficient (Wildman–Crippen LogP) is 9.62. The van der Waals surface area contributed by atoms with Gasteiger partial charge in [0.2, 0.25) is 0 Å². The van der Waals surface area contributed by atoms with Gasteiger partial charge in [-0.25, -0.2) is 0 Å². The van der Waals surface area contributed by atoms with E-state index in [9.17, 15) is 4.79 Å². The summed E-state index contributed by atoms with van der Waals surface area (Å²) in [4.78, 5) is 12.3. The van der Waals surface area contributed by atoms with Crippen LogP contribution in [-0.2, 0) is 9.53 Å². The Hall–Kier alpha value is 0.557. The Labute approximate surface area is 195 Å². The Morgan fingerprint density at radius 2 is 1.07 bits per heavy atom. The maximum Gasteiger partial charge on any atom is 0.355 e. The van der Waals surface area contributed by atoms with Crippen molar-refractivity contribution in [1.29, 1.82) is 0 Å². The Kier molecular flexibility index (Phi) is 17.5. The maximum absolute atomic E-state index is 12.3. The molecule has 0 spiro atoms. The molecule has 6 heteroatoms. The lowest BCUT2D eigenvalue weighted by molar-refractivity contribution is -0.154. The molecule has 0 amide bonds. The molecule has 0 saturated carbocycles. The third-order valence-electron chi connectivity index (χ3n) is 5.18. The first-order valence-corrected chi connectivity index (χ1v) is 17.0. The van der Waals surface area contributed by atoms with Crippen LogP contribution in [0.4, 0.5) is 0 Å². The molecule has 0 aromatic heterocycles. The van der Waals surface area contributed by atoms with Crippen LogP contribution in [0, 0.1) is 0 Å². The number of hydrogen-bond donors (Lipinski definition) is 0. The summed E-state index contributed by atoms with van der Waals surface area (Å²) >= 11 is 18.5. The van der Waals surface area contributed by atoms with E-state index in [-0.39, 0.29) is 5.97 Å². The molecule has 0 aliphatic heterocycles. The fourth-order valence-electron chi connectivity index (χ4n) is 3.51. The molecular formula is C23H45Cl3O2Si. The second kappa shape index (κ2) is 17.2. The van der Waals surface area contributed by atoms with E-state index in [1.165, 1.54) is 83.5 Å². The highest BCUT2D eigenvalue weighted by molar-refractivity contribution is 7.65. The minimum atomic E-state index is -3.11. The normalized spacial score (nSPS) is 13.5. The lowest BCUT2D eigenvalue weighted by Crippen LogP contribution is -2.34. The summed E-state index contributed by atoms with van der Waals surface area (Å²) in [6.07, 6.45) is 20.3. The fourth-order valence-corrected chi connectivity index (χ4v) is 6.15. The summed E-state index contributed by atoms with van der Waals surface area (Å²) < 4.78 is 5.44. The number of esters is 1. The highest BCUT2D eigenvalue weighted by atomic mass is 35.8. The van der Waals surface area contributed by atoms with Crippen molar-refractivity contribution in [3.63, 3.8) is 0 Å². The van der Waals surface area contributed by atoms with E-state index in [1.807, 2.05) is 20.8 Å². The average molecular weight is 488 g/mol. The molecule has 0 heterocycles. The van der Waals surface area contributed by atoms with Crippen LogP contribution < -0.4 is 0 Å². The van der Waals surface area contributed by atoms with Crippen LogP contribution >= 0.6 is 33.2 Å². The van der Waals surface area contributed by atoms with Crippen molar-refractivity contribution < 1.29 is 9.53 Å². The molecule has 0 aromatic rings. The summed E-state index contributed by atoms with van der Waals surface area (Å²) in [6, 6.07) is -3.11. The quantitative estimate of drug-likeness (QED) is 0.0832. The van der Waals surface area contributed by atoms with Gasteiger partial charge < -0.3 is 4.74 Å². The van der Waals surface area contributed by atoms with E-state index < -0.39 is 17.1 Å². The van der Waals surface area contributed by atoms with Crippen molar-refractivity contribution in [3.05, 3.63) is 0 Å². The first-order chi connectivity index (χ1) is 13.6. The highest BCUT2D eigenvalue weighted by Crippen LogP contribution is 2.39. The van der Waals surface area contributed by atoms with Crippen molar-refractivity contribution in [3.8, 4) is 0 Å². The molecule has 0 aliphatic carbocycles. The van der Waals surface area contributed by atoms with E-state index in [2.05, 4.69) is 6.92 Å². The van der Waals surface area contributed by atoms with Gasteiger partial charge in [0.15, 0.2) is 0 Å². The molecule has 0 bridgehead atoms. The molecule has 0 aliphatic rings. The standard InChI is InChI=1S/C23H45Cl3O2Si/c1-5-6-7-8-9-10-11-12-13-14-15-16-17-18-19-20-21(29(24,25)26)22(27)28-23(2,3)4/h21H,5-20H2,1-4H3. The van der Waals surface area contributed by atoms with Crippen LogP contribution in [0.1, 0.15) is 130 Å². The number of ether oxygens (including phenoxy) is 1. The highest BCUT2D eigenvalue weighted by Gasteiger charge is 2.43. The summed E-state index contributed by atoms with van der Waals surface area (Å²) in [7, 11) is 0. The third-order valence-corrected chi connectivity index (χ3v) is 8.87. The number of carbonyl (C=O) groups excluding carboxylic acids is 1. The first-order valence-electron chi connectivity index (χ1n) is 11.9. The van der Waals surface area contributed by atoms with E-state index in [1.54, 1.807) is 0 Å². The lowest BCUT2D eigenvalue weighted by atomic mass is 10.0. The zero-order valence-electron chi connectivity index (χ0n) is 19.3. The minimum absolute atomic E-state index is 0.352. The van der Waals surface area contributed by atoms with Gasteiger partial charge in [-0.15, -0.1) is 33.2 Å². The van der Waals surface area contributed by atoms with Crippen LogP contribution in [0.5, 0.6) is 0 Å².